The van der Waals surface area contributed by atoms with Crippen LogP contribution < -0.4 is 16.0 Å². The van der Waals surface area contributed by atoms with Crippen LogP contribution in [0, 0.1) is 5.82 Å². The summed E-state index contributed by atoms with van der Waals surface area (Å²) in [6.45, 7) is 1.13. The van der Waals surface area contributed by atoms with Gasteiger partial charge in [0.15, 0.2) is 35.6 Å². The van der Waals surface area contributed by atoms with Crippen LogP contribution in [0.5, 0.6) is 0 Å². The van der Waals surface area contributed by atoms with Crippen molar-refractivity contribution >= 4 is 28.4 Å². The Balaban J connectivity index is 1.48. The summed E-state index contributed by atoms with van der Waals surface area (Å²) >= 11 is 0. The fraction of sp³-hybridized carbons (Fsp3) is 0.238. The van der Waals surface area contributed by atoms with E-state index in [4.69, 9.17) is 10.5 Å². The molecule has 2 unspecified atom stereocenters. The Bertz CT molecular complexity index is 1340. The molecule has 0 spiro atoms. The molecule has 0 amide bonds. The van der Waals surface area contributed by atoms with Gasteiger partial charge in [0, 0.05) is 18.3 Å². The first-order valence-electron chi connectivity index (χ1n) is 10.2. The van der Waals surface area contributed by atoms with Crippen LogP contribution in [0.3, 0.4) is 0 Å². The molecule has 1 saturated heterocycles. The Morgan fingerprint density at radius 3 is 2.97 bits per heavy atom. The summed E-state index contributed by atoms with van der Waals surface area (Å²) in [6.07, 6.45) is 0.163. The summed E-state index contributed by atoms with van der Waals surface area (Å²) in [6, 6.07) is 10.2. The normalized spacial score (nSPS) is 19.6. The Hall–Kier alpha value is -3.83. The molecule has 1 aromatic carbocycles. The van der Waals surface area contributed by atoms with E-state index in [0.717, 1.165) is 5.39 Å². The van der Waals surface area contributed by atoms with Crippen molar-refractivity contribution in [1.82, 2.24) is 24.7 Å². The number of halogens is 1. The number of aliphatic hydroxyl groups excluding tert-OH is 1. The van der Waals surface area contributed by atoms with Crippen LogP contribution in [0.2, 0.25) is 0 Å². The number of nitrogens with one attached hydrogen (secondary N) is 1. The van der Waals surface area contributed by atoms with Crippen molar-refractivity contribution in [3.63, 3.8) is 0 Å². The van der Waals surface area contributed by atoms with Gasteiger partial charge in [0.2, 0.25) is 0 Å². The van der Waals surface area contributed by atoms with Gasteiger partial charge in [-0.15, -0.1) is 0 Å². The molecule has 10 nitrogen and oxygen atoms in total. The molecule has 11 heteroatoms. The average Bonchev–Trinajstić information content (AvgIpc) is 3.14. The van der Waals surface area contributed by atoms with Crippen molar-refractivity contribution in [3.8, 4) is 11.5 Å². The van der Waals surface area contributed by atoms with Crippen LogP contribution in [0.25, 0.3) is 22.6 Å². The molecule has 2 bridgehead atoms. The number of ether oxygens (including phenoxy) is 1. The molecule has 4 N–H and O–H groups in total. The van der Waals surface area contributed by atoms with Gasteiger partial charge in [-0.1, -0.05) is 18.2 Å². The molecule has 32 heavy (non-hydrogen) atoms. The van der Waals surface area contributed by atoms with E-state index in [1.165, 1.54) is 6.07 Å². The molecule has 162 valence electrons. The highest BCUT2D eigenvalue weighted by Crippen LogP contribution is 2.39. The highest BCUT2D eigenvalue weighted by Gasteiger charge is 2.39. The van der Waals surface area contributed by atoms with Gasteiger partial charge in [0.1, 0.15) is 17.2 Å². The number of nitrogens with zero attached hydrogens (tertiary/aromatic N) is 6. The summed E-state index contributed by atoms with van der Waals surface area (Å²) in [5, 5.41) is 18.9. The molecule has 1 fully saturated rings. The topological polar surface area (TPSA) is 127 Å². The zero-order chi connectivity index (χ0) is 21.8. The van der Waals surface area contributed by atoms with E-state index >= 15 is 0 Å². The smallest absolute Gasteiger partial charge is 0.184 e. The number of anilines is 3. The maximum Gasteiger partial charge on any atom is 0.184 e. The van der Waals surface area contributed by atoms with Gasteiger partial charge < -0.3 is 25.8 Å². The van der Waals surface area contributed by atoms with Gasteiger partial charge in [-0.05, 0) is 18.2 Å². The number of aliphatic hydroxyl groups is 1. The number of rotatable bonds is 3. The van der Waals surface area contributed by atoms with Gasteiger partial charge in [-0.25, -0.2) is 24.0 Å². The van der Waals surface area contributed by atoms with Crippen molar-refractivity contribution in [2.75, 3.05) is 29.1 Å². The summed E-state index contributed by atoms with van der Waals surface area (Å²) < 4.78 is 21.5. The van der Waals surface area contributed by atoms with Crippen LogP contribution in [-0.2, 0) is 11.3 Å². The van der Waals surface area contributed by atoms with Gasteiger partial charge in [-0.2, -0.15) is 5.10 Å². The Kier molecular flexibility index (Phi) is 4.20. The molecule has 5 heterocycles. The fourth-order valence-electron chi connectivity index (χ4n) is 4.19. The number of hydrogen-bond donors (Lipinski definition) is 3. The average molecular weight is 434 g/mol. The van der Waals surface area contributed by atoms with E-state index in [0.29, 0.717) is 47.4 Å². The van der Waals surface area contributed by atoms with Crippen molar-refractivity contribution < 1.29 is 14.2 Å². The van der Waals surface area contributed by atoms with Crippen LogP contribution in [0.1, 0.15) is 5.56 Å². The molecule has 6 rings (SSSR count). The van der Waals surface area contributed by atoms with Gasteiger partial charge in [0.05, 0.1) is 18.5 Å². The molecule has 2 atom stereocenters. The number of nitrogens with two attached hydrogens (primary N) is 1. The third kappa shape index (κ3) is 2.86. The Labute approximate surface area is 181 Å². The highest BCUT2D eigenvalue weighted by atomic mass is 19.1. The van der Waals surface area contributed by atoms with Gasteiger partial charge >= 0.3 is 0 Å². The lowest BCUT2D eigenvalue weighted by molar-refractivity contribution is -0.0514. The highest BCUT2D eigenvalue weighted by molar-refractivity contribution is 5.91. The first kappa shape index (κ1) is 18.9. The zero-order valence-electron chi connectivity index (χ0n) is 16.8. The minimum Gasteiger partial charge on any atom is -0.382 e. The Morgan fingerprint density at radius 2 is 2.09 bits per heavy atom. The zero-order valence-corrected chi connectivity index (χ0v) is 16.8. The van der Waals surface area contributed by atoms with E-state index < -0.39 is 12.5 Å². The van der Waals surface area contributed by atoms with Gasteiger partial charge in [0.25, 0.3) is 0 Å². The third-order valence-electron chi connectivity index (χ3n) is 5.69. The van der Waals surface area contributed by atoms with Gasteiger partial charge in [-0.3, -0.25) is 0 Å². The largest absolute Gasteiger partial charge is 0.382 e. The number of aromatic nitrogens is 5. The number of fused-ring (bicyclic) bond motifs is 5. The summed E-state index contributed by atoms with van der Waals surface area (Å²) in [7, 11) is 0. The van der Waals surface area contributed by atoms with Crippen LogP contribution >= 0.6 is 0 Å². The monoisotopic (exact) mass is 434 g/mol. The molecule has 0 radical (unpaired) electrons. The molecule has 3 aromatic heterocycles. The van der Waals surface area contributed by atoms with E-state index in [2.05, 4.69) is 25.4 Å². The second-order valence-corrected chi connectivity index (χ2v) is 7.64. The molecule has 2 aliphatic heterocycles. The maximum atomic E-state index is 14.2. The van der Waals surface area contributed by atoms with Crippen molar-refractivity contribution in [1.29, 1.82) is 0 Å². The second-order valence-electron chi connectivity index (χ2n) is 7.64. The molecule has 0 saturated carbocycles. The van der Waals surface area contributed by atoms with E-state index in [-0.39, 0.29) is 18.2 Å². The van der Waals surface area contributed by atoms with Crippen LogP contribution in [0.15, 0.2) is 42.6 Å². The molecular formula is C21H19FN8O2. The molecule has 0 aliphatic carbocycles. The number of benzene rings is 1. The lowest BCUT2D eigenvalue weighted by Gasteiger charge is -2.44. The van der Waals surface area contributed by atoms with Crippen molar-refractivity contribution in [2.24, 2.45) is 0 Å². The SMILES string of the molecule is Nc1nc(-c2nn(Cc3ccccc3F)c3ncccc23)nc2c1N1CCOC(N2)C1O. The molecular weight excluding hydrogens is 415 g/mol. The number of hydrogen-bond acceptors (Lipinski definition) is 9. The third-order valence-corrected chi connectivity index (χ3v) is 5.69. The van der Waals surface area contributed by atoms with E-state index in [1.807, 2.05) is 6.07 Å². The number of nitrogen functional groups attached to an aromatic ring is 1. The fourth-order valence-corrected chi connectivity index (χ4v) is 4.19. The van der Waals surface area contributed by atoms with Crippen LogP contribution in [-0.4, -0.2) is 55.4 Å². The van der Waals surface area contributed by atoms with E-state index in [1.54, 1.807) is 40.0 Å². The summed E-state index contributed by atoms with van der Waals surface area (Å²) in [5.74, 6) is 0.668. The minimum absolute atomic E-state index is 0.203. The van der Waals surface area contributed by atoms with Crippen molar-refractivity contribution in [3.05, 3.63) is 54.0 Å². The second kappa shape index (κ2) is 7.11. The standard InChI is InChI=1S/C21H19FN8O2/c22-13-6-2-1-4-11(13)10-30-19-12(5-3-7-24-19)14(28-30)17-25-16(23)15-18(26-17)27-20-21(31)29(15)8-9-32-20/h1-7,20-21,31H,8-10H2,(H3,23,25,26,27). The number of pyridine rings is 1. The summed E-state index contributed by atoms with van der Waals surface area (Å²) in [5.41, 5.74) is 8.38. The number of morpholine rings is 1. The predicted molar refractivity (Wildman–Crippen MR) is 115 cm³/mol. The van der Waals surface area contributed by atoms with E-state index in [9.17, 15) is 9.50 Å². The maximum absolute atomic E-state index is 14.2. The minimum atomic E-state index is -0.877. The lowest BCUT2D eigenvalue weighted by Crippen LogP contribution is -2.58. The molecule has 4 aromatic rings. The predicted octanol–water partition coefficient (Wildman–Crippen LogP) is 1.56. The first-order chi connectivity index (χ1) is 15.6. The summed E-state index contributed by atoms with van der Waals surface area (Å²) in [4.78, 5) is 15.3. The first-order valence-corrected chi connectivity index (χ1v) is 10.2. The molecule has 2 aliphatic rings. The lowest BCUT2D eigenvalue weighted by atomic mass is 10.2. The quantitative estimate of drug-likeness (QED) is 0.440. The Morgan fingerprint density at radius 1 is 1.22 bits per heavy atom. The van der Waals surface area contributed by atoms with Crippen LogP contribution in [0.4, 0.5) is 21.7 Å². The van der Waals surface area contributed by atoms with Crippen molar-refractivity contribution in [2.45, 2.75) is 19.0 Å².